The summed E-state index contributed by atoms with van der Waals surface area (Å²) in [5.74, 6) is -1.23. The van der Waals surface area contributed by atoms with E-state index in [0.717, 1.165) is 6.07 Å². The standard InChI is InChI=1S/C8H5ClF3NO2/c9-6-2-4(3-7(14)15)1-5(13-6)8(10,11)12/h1-2H,3H2,(H,14,15). The van der Waals surface area contributed by atoms with Crippen molar-refractivity contribution in [2.75, 3.05) is 0 Å². The minimum absolute atomic E-state index is 0.0326. The van der Waals surface area contributed by atoms with Gasteiger partial charge in [-0.3, -0.25) is 4.79 Å². The van der Waals surface area contributed by atoms with Crippen LogP contribution in [0.2, 0.25) is 5.15 Å². The van der Waals surface area contributed by atoms with Crippen LogP contribution in [-0.2, 0) is 17.4 Å². The molecule has 0 spiro atoms. The average Bonchev–Trinajstić information content (AvgIpc) is 1.99. The summed E-state index contributed by atoms with van der Waals surface area (Å²) in [4.78, 5) is 13.4. The van der Waals surface area contributed by atoms with Crippen LogP contribution in [0.3, 0.4) is 0 Å². The number of pyridine rings is 1. The number of carboxylic acids is 1. The van der Waals surface area contributed by atoms with E-state index >= 15 is 0 Å². The predicted molar refractivity (Wildman–Crippen MR) is 45.6 cm³/mol. The molecule has 0 aliphatic carbocycles. The Morgan fingerprint density at radius 3 is 2.53 bits per heavy atom. The maximum Gasteiger partial charge on any atom is 0.433 e. The maximum absolute atomic E-state index is 12.2. The molecule has 0 radical (unpaired) electrons. The molecule has 82 valence electrons. The van der Waals surface area contributed by atoms with Crippen molar-refractivity contribution in [3.63, 3.8) is 0 Å². The van der Waals surface area contributed by atoms with Crippen molar-refractivity contribution < 1.29 is 23.1 Å². The molecular formula is C8H5ClF3NO2. The van der Waals surface area contributed by atoms with E-state index in [-0.39, 0.29) is 10.7 Å². The highest BCUT2D eigenvalue weighted by Crippen LogP contribution is 2.29. The lowest BCUT2D eigenvalue weighted by molar-refractivity contribution is -0.141. The first-order valence-electron chi connectivity index (χ1n) is 3.74. The third kappa shape index (κ3) is 3.39. The van der Waals surface area contributed by atoms with Gasteiger partial charge in [-0.25, -0.2) is 4.98 Å². The molecule has 1 heterocycles. The zero-order chi connectivity index (χ0) is 11.6. The molecule has 1 aromatic rings. The van der Waals surface area contributed by atoms with Crippen LogP contribution in [0, 0.1) is 0 Å². The number of hydrogen-bond acceptors (Lipinski definition) is 2. The van der Waals surface area contributed by atoms with Gasteiger partial charge in [-0.1, -0.05) is 11.6 Å². The number of nitrogens with zero attached hydrogens (tertiary/aromatic N) is 1. The molecular weight excluding hydrogens is 235 g/mol. The maximum atomic E-state index is 12.2. The number of aromatic nitrogens is 1. The van der Waals surface area contributed by atoms with Crippen LogP contribution in [0.25, 0.3) is 0 Å². The highest BCUT2D eigenvalue weighted by atomic mass is 35.5. The van der Waals surface area contributed by atoms with Crippen molar-refractivity contribution in [1.82, 2.24) is 4.98 Å². The van der Waals surface area contributed by atoms with Crippen molar-refractivity contribution in [1.29, 1.82) is 0 Å². The number of hydrogen-bond donors (Lipinski definition) is 1. The van der Waals surface area contributed by atoms with Crippen LogP contribution in [0.1, 0.15) is 11.3 Å². The van der Waals surface area contributed by atoms with Crippen LogP contribution in [0.5, 0.6) is 0 Å². The topological polar surface area (TPSA) is 50.2 Å². The number of aliphatic carboxylic acids is 1. The van der Waals surface area contributed by atoms with E-state index in [4.69, 9.17) is 16.7 Å². The van der Waals surface area contributed by atoms with Gasteiger partial charge in [0.15, 0.2) is 0 Å². The molecule has 0 aliphatic rings. The molecule has 1 rings (SSSR count). The van der Waals surface area contributed by atoms with Gasteiger partial charge in [0.25, 0.3) is 0 Å². The molecule has 0 unspecified atom stereocenters. The second-order valence-corrected chi connectivity index (χ2v) is 3.14. The predicted octanol–water partition coefficient (Wildman–Crippen LogP) is 2.38. The van der Waals surface area contributed by atoms with Gasteiger partial charge in [0.2, 0.25) is 0 Å². The molecule has 0 saturated carbocycles. The van der Waals surface area contributed by atoms with Gasteiger partial charge in [-0.05, 0) is 17.7 Å². The summed E-state index contributed by atoms with van der Waals surface area (Å²) < 4.78 is 36.7. The molecule has 0 fully saturated rings. The Bertz CT molecular complexity index is 392. The van der Waals surface area contributed by atoms with E-state index < -0.39 is 24.3 Å². The van der Waals surface area contributed by atoms with Crippen molar-refractivity contribution in [3.05, 3.63) is 28.5 Å². The Balaban J connectivity index is 3.11. The van der Waals surface area contributed by atoms with E-state index in [9.17, 15) is 18.0 Å². The average molecular weight is 240 g/mol. The highest BCUT2D eigenvalue weighted by molar-refractivity contribution is 6.29. The quantitative estimate of drug-likeness (QED) is 0.806. The van der Waals surface area contributed by atoms with Gasteiger partial charge in [-0.15, -0.1) is 0 Å². The number of carbonyl (C=O) groups is 1. The molecule has 0 saturated heterocycles. The summed E-state index contributed by atoms with van der Waals surface area (Å²) in [6.07, 6.45) is -5.15. The molecule has 0 aromatic carbocycles. The van der Waals surface area contributed by atoms with E-state index in [1.807, 2.05) is 0 Å². The third-order valence-corrected chi connectivity index (χ3v) is 1.69. The third-order valence-electron chi connectivity index (χ3n) is 1.50. The summed E-state index contributed by atoms with van der Waals surface area (Å²) in [5, 5.41) is 8.03. The Morgan fingerprint density at radius 1 is 1.47 bits per heavy atom. The number of rotatable bonds is 2. The van der Waals surface area contributed by atoms with E-state index in [0.29, 0.717) is 6.07 Å². The molecule has 1 aromatic heterocycles. The Morgan fingerprint density at radius 2 is 2.07 bits per heavy atom. The van der Waals surface area contributed by atoms with E-state index in [2.05, 4.69) is 4.98 Å². The summed E-state index contributed by atoms with van der Waals surface area (Å²) >= 11 is 5.34. The summed E-state index contributed by atoms with van der Waals surface area (Å²) in [6, 6.07) is 1.75. The molecule has 0 bridgehead atoms. The van der Waals surface area contributed by atoms with Gasteiger partial charge in [0.05, 0.1) is 6.42 Å². The van der Waals surface area contributed by atoms with Gasteiger partial charge in [0, 0.05) is 0 Å². The summed E-state index contributed by atoms with van der Waals surface area (Å²) in [7, 11) is 0. The van der Waals surface area contributed by atoms with Crippen LogP contribution in [-0.4, -0.2) is 16.1 Å². The lowest BCUT2D eigenvalue weighted by Crippen LogP contribution is -2.10. The van der Waals surface area contributed by atoms with Crippen molar-refractivity contribution in [2.45, 2.75) is 12.6 Å². The Labute approximate surface area is 87.5 Å². The van der Waals surface area contributed by atoms with Crippen LogP contribution < -0.4 is 0 Å². The Kier molecular flexibility index (Phi) is 3.18. The van der Waals surface area contributed by atoms with Crippen molar-refractivity contribution >= 4 is 17.6 Å². The fourth-order valence-electron chi connectivity index (χ4n) is 0.972. The monoisotopic (exact) mass is 239 g/mol. The SMILES string of the molecule is O=C(O)Cc1cc(Cl)nc(C(F)(F)F)c1. The van der Waals surface area contributed by atoms with E-state index in [1.54, 1.807) is 0 Å². The number of halogens is 4. The van der Waals surface area contributed by atoms with Gasteiger partial charge < -0.3 is 5.11 Å². The molecule has 3 nitrogen and oxygen atoms in total. The largest absolute Gasteiger partial charge is 0.481 e. The van der Waals surface area contributed by atoms with Crippen molar-refractivity contribution in [2.24, 2.45) is 0 Å². The molecule has 1 N–H and O–H groups in total. The highest BCUT2D eigenvalue weighted by Gasteiger charge is 2.33. The van der Waals surface area contributed by atoms with Crippen LogP contribution in [0.4, 0.5) is 13.2 Å². The second-order valence-electron chi connectivity index (χ2n) is 2.75. The summed E-state index contributed by atoms with van der Waals surface area (Å²) in [5.41, 5.74) is -1.22. The molecule has 0 amide bonds. The van der Waals surface area contributed by atoms with Crippen LogP contribution in [0.15, 0.2) is 12.1 Å². The lowest BCUT2D eigenvalue weighted by Gasteiger charge is -2.07. The second kappa shape index (κ2) is 4.06. The molecule has 15 heavy (non-hydrogen) atoms. The first-order chi connectivity index (χ1) is 6.79. The first-order valence-corrected chi connectivity index (χ1v) is 4.12. The number of carboxylic acid groups (broad SMARTS) is 1. The first kappa shape index (κ1) is 11.8. The van der Waals surface area contributed by atoms with Crippen molar-refractivity contribution in [3.8, 4) is 0 Å². The normalized spacial score (nSPS) is 11.5. The zero-order valence-electron chi connectivity index (χ0n) is 7.18. The summed E-state index contributed by atoms with van der Waals surface area (Å²) in [6.45, 7) is 0. The smallest absolute Gasteiger partial charge is 0.433 e. The fourth-order valence-corrected chi connectivity index (χ4v) is 1.20. The van der Waals surface area contributed by atoms with Gasteiger partial charge >= 0.3 is 12.1 Å². The zero-order valence-corrected chi connectivity index (χ0v) is 7.93. The number of alkyl halides is 3. The Hall–Kier alpha value is -1.30. The van der Waals surface area contributed by atoms with Gasteiger partial charge in [0.1, 0.15) is 10.8 Å². The minimum atomic E-state index is -4.63. The molecule has 0 atom stereocenters. The van der Waals surface area contributed by atoms with Crippen LogP contribution >= 0.6 is 11.6 Å². The molecule has 0 aliphatic heterocycles. The van der Waals surface area contributed by atoms with E-state index in [1.165, 1.54) is 0 Å². The minimum Gasteiger partial charge on any atom is -0.481 e. The molecule has 7 heteroatoms. The van der Waals surface area contributed by atoms with Gasteiger partial charge in [-0.2, -0.15) is 13.2 Å². The fraction of sp³-hybridized carbons (Fsp3) is 0.250. The lowest BCUT2D eigenvalue weighted by atomic mass is 10.1.